The third kappa shape index (κ3) is 2.91. The van der Waals surface area contributed by atoms with E-state index in [1.807, 2.05) is 6.07 Å². The van der Waals surface area contributed by atoms with Crippen LogP contribution in [0.25, 0.3) is 0 Å². The van der Waals surface area contributed by atoms with Crippen LogP contribution in [0.2, 0.25) is 0 Å². The summed E-state index contributed by atoms with van der Waals surface area (Å²) in [7, 11) is 1.45. The van der Waals surface area contributed by atoms with Gasteiger partial charge in [0.1, 0.15) is 0 Å². The van der Waals surface area contributed by atoms with Gasteiger partial charge in [0, 0.05) is 0 Å². The maximum absolute atomic E-state index is 13.9. The van der Waals surface area contributed by atoms with Crippen LogP contribution in [-0.2, 0) is 0 Å². The first-order valence-electron chi connectivity index (χ1n) is 6.91. The van der Waals surface area contributed by atoms with Crippen molar-refractivity contribution in [1.82, 2.24) is 0 Å². The van der Waals surface area contributed by atoms with E-state index >= 15 is 0 Å². The molecule has 0 radical (unpaired) electrons. The Hall–Kier alpha value is -1.54. The molecule has 0 aliphatic heterocycles. The first-order chi connectivity index (χ1) is 9.86. The lowest BCUT2D eigenvalue weighted by atomic mass is 9.90. The summed E-state index contributed by atoms with van der Waals surface area (Å²) in [5.41, 5.74) is 6.54. The van der Waals surface area contributed by atoms with E-state index < -0.39 is 0 Å². The molecule has 0 bridgehead atoms. The average Bonchev–Trinajstić information content (AvgIpc) is 2.45. The highest BCUT2D eigenvalue weighted by molar-refractivity contribution is 6.22. The van der Waals surface area contributed by atoms with Crippen LogP contribution in [-0.4, -0.2) is 7.11 Å². The van der Waals surface area contributed by atoms with E-state index in [0.29, 0.717) is 0 Å². The van der Waals surface area contributed by atoms with Crippen molar-refractivity contribution in [2.75, 3.05) is 7.11 Å². The molecule has 3 heteroatoms. The Kier molecular flexibility index (Phi) is 4.58. The van der Waals surface area contributed by atoms with Crippen molar-refractivity contribution in [3.63, 3.8) is 0 Å². The summed E-state index contributed by atoms with van der Waals surface area (Å²) in [4.78, 5) is 0. The Labute approximate surface area is 130 Å². The molecule has 0 aliphatic rings. The van der Waals surface area contributed by atoms with Crippen molar-refractivity contribution >= 4 is 11.6 Å². The molecular weight excluding hydrogens is 287 g/mol. The fraction of sp³-hybridized carbons (Fsp3) is 0.333. The molecule has 21 heavy (non-hydrogen) atoms. The van der Waals surface area contributed by atoms with Crippen LogP contribution in [0.15, 0.2) is 24.3 Å². The zero-order valence-corrected chi connectivity index (χ0v) is 13.8. The largest absolute Gasteiger partial charge is 0.494 e. The lowest BCUT2D eigenvalue weighted by molar-refractivity contribution is 0.386. The molecule has 0 fully saturated rings. The molecule has 0 saturated heterocycles. The van der Waals surface area contributed by atoms with Crippen molar-refractivity contribution in [2.45, 2.75) is 33.1 Å². The highest BCUT2D eigenvalue weighted by Gasteiger charge is 2.19. The van der Waals surface area contributed by atoms with Crippen LogP contribution in [0.5, 0.6) is 5.75 Å². The van der Waals surface area contributed by atoms with Crippen LogP contribution < -0.4 is 4.74 Å². The Morgan fingerprint density at radius 2 is 1.57 bits per heavy atom. The molecule has 0 heterocycles. The normalized spacial score (nSPS) is 12.3. The molecule has 112 valence electrons. The lowest BCUT2D eigenvalue weighted by Gasteiger charge is -2.20. The van der Waals surface area contributed by atoms with Gasteiger partial charge in [0.2, 0.25) is 0 Å². The third-order valence-electron chi connectivity index (χ3n) is 4.15. The second-order valence-corrected chi connectivity index (χ2v) is 5.87. The molecule has 1 unspecified atom stereocenters. The molecule has 2 rings (SSSR count). The number of methoxy groups -OCH3 is 1. The van der Waals surface area contributed by atoms with E-state index in [1.54, 1.807) is 6.07 Å². The SMILES string of the molecule is COc1ccc(C(Cl)c2c(C)c(C)cc(C)c2C)cc1F. The van der Waals surface area contributed by atoms with E-state index in [4.69, 9.17) is 16.3 Å². The second-order valence-electron chi connectivity index (χ2n) is 5.43. The molecule has 0 amide bonds. The molecule has 1 atom stereocenters. The minimum atomic E-state index is -0.389. The summed E-state index contributed by atoms with van der Waals surface area (Å²) in [6.45, 7) is 8.27. The molecule has 0 N–H and O–H groups in total. The smallest absolute Gasteiger partial charge is 0.165 e. The van der Waals surface area contributed by atoms with E-state index in [-0.39, 0.29) is 16.9 Å². The molecule has 2 aromatic rings. The molecular formula is C18H20ClFO. The standard InChI is InChI=1S/C18H20ClFO/c1-10-8-11(2)13(4)17(12(10)3)18(19)14-6-7-16(21-5)15(20)9-14/h6-9,18H,1-5H3. The predicted molar refractivity (Wildman–Crippen MR) is 86.0 cm³/mol. The van der Waals surface area contributed by atoms with Crippen LogP contribution in [0.1, 0.15) is 38.8 Å². The monoisotopic (exact) mass is 306 g/mol. The Balaban J connectivity index is 2.55. The lowest BCUT2D eigenvalue weighted by Crippen LogP contribution is -2.04. The molecule has 0 aliphatic carbocycles. The third-order valence-corrected chi connectivity index (χ3v) is 4.62. The van der Waals surface area contributed by atoms with Crippen LogP contribution >= 0.6 is 11.6 Å². The van der Waals surface area contributed by atoms with E-state index in [1.165, 1.54) is 24.3 Å². The van der Waals surface area contributed by atoms with Gasteiger partial charge in [0.15, 0.2) is 11.6 Å². The quantitative estimate of drug-likeness (QED) is 0.690. The van der Waals surface area contributed by atoms with Gasteiger partial charge in [-0.2, -0.15) is 0 Å². The van der Waals surface area contributed by atoms with Gasteiger partial charge in [-0.3, -0.25) is 0 Å². The Bertz CT molecular complexity index is 653. The van der Waals surface area contributed by atoms with E-state index in [2.05, 4.69) is 33.8 Å². The maximum Gasteiger partial charge on any atom is 0.165 e. The highest BCUT2D eigenvalue weighted by atomic mass is 35.5. The first-order valence-corrected chi connectivity index (χ1v) is 7.35. The van der Waals surface area contributed by atoms with Gasteiger partial charge in [-0.15, -0.1) is 11.6 Å². The zero-order valence-electron chi connectivity index (χ0n) is 13.1. The number of rotatable bonds is 3. The number of aryl methyl sites for hydroxylation is 2. The molecule has 0 saturated carbocycles. The summed E-state index contributed by atoms with van der Waals surface area (Å²) in [6.07, 6.45) is 0. The van der Waals surface area contributed by atoms with Crippen LogP contribution in [0.3, 0.4) is 0 Å². The molecule has 0 aromatic heterocycles. The van der Waals surface area contributed by atoms with Crippen molar-refractivity contribution < 1.29 is 9.13 Å². The summed E-state index contributed by atoms with van der Waals surface area (Å²) in [5, 5.41) is -0.371. The van der Waals surface area contributed by atoms with E-state index in [9.17, 15) is 4.39 Å². The highest BCUT2D eigenvalue weighted by Crippen LogP contribution is 2.37. The number of hydrogen-bond acceptors (Lipinski definition) is 1. The number of halogens is 2. The number of benzene rings is 2. The Morgan fingerprint density at radius 1 is 1.00 bits per heavy atom. The van der Waals surface area contributed by atoms with Gasteiger partial charge in [0.05, 0.1) is 12.5 Å². The zero-order chi connectivity index (χ0) is 15.7. The second kappa shape index (κ2) is 6.07. The van der Waals surface area contributed by atoms with Crippen molar-refractivity contribution in [2.24, 2.45) is 0 Å². The topological polar surface area (TPSA) is 9.23 Å². The van der Waals surface area contributed by atoms with Gasteiger partial charge in [0.25, 0.3) is 0 Å². The summed E-state index contributed by atoms with van der Waals surface area (Å²) < 4.78 is 18.9. The van der Waals surface area contributed by atoms with Crippen molar-refractivity contribution in [3.8, 4) is 5.75 Å². The summed E-state index contributed by atoms with van der Waals surface area (Å²) >= 11 is 6.65. The average molecular weight is 307 g/mol. The number of ether oxygens (including phenoxy) is 1. The minimum Gasteiger partial charge on any atom is -0.494 e. The fourth-order valence-electron chi connectivity index (χ4n) is 2.63. The molecule has 1 nitrogen and oxygen atoms in total. The predicted octanol–water partition coefficient (Wildman–Crippen LogP) is 5.40. The van der Waals surface area contributed by atoms with Gasteiger partial charge in [-0.05, 0) is 73.2 Å². The van der Waals surface area contributed by atoms with Crippen LogP contribution in [0.4, 0.5) is 4.39 Å². The maximum atomic E-state index is 13.9. The van der Waals surface area contributed by atoms with Gasteiger partial charge in [-0.1, -0.05) is 12.1 Å². The van der Waals surface area contributed by atoms with Gasteiger partial charge < -0.3 is 4.74 Å². The number of alkyl halides is 1. The summed E-state index contributed by atoms with van der Waals surface area (Å²) in [6, 6.07) is 7.04. The Morgan fingerprint density at radius 3 is 2.05 bits per heavy atom. The fourth-order valence-corrected chi connectivity index (χ4v) is 3.10. The number of hydrogen-bond donors (Lipinski definition) is 0. The minimum absolute atomic E-state index is 0.233. The molecule has 0 spiro atoms. The van der Waals surface area contributed by atoms with E-state index in [0.717, 1.165) is 22.3 Å². The van der Waals surface area contributed by atoms with Gasteiger partial charge in [-0.25, -0.2) is 4.39 Å². The first kappa shape index (κ1) is 15.8. The molecule has 2 aromatic carbocycles. The summed E-state index contributed by atoms with van der Waals surface area (Å²) in [5.74, 6) is -0.156. The van der Waals surface area contributed by atoms with Crippen molar-refractivity contribution in [1.29, 1.82) is 0 Å². The van der Waals surface area contributed by atoms with Crippen molar-refractivity contribution in [3.05, 3.63) is 63.5 Å². The van der Waals surface area contributed by atoms with Crippen LogP contribution in [0, 0.1) is 33.5 Å². The van der Waals surface area contributed by atoms with Gasteiger partial charge >= 0.3 is 0 Å².